The number of nitrogens with zero attached hydrogens (tertiary/aromatic N) is 1. The maximum atomic E-state index is 11.9. The van der Waals surface area contributed by atoms with Crippen molar-refractivity contribution in [3.8, 4) is 0 Å². The Labute approximate surface area is 119 Å². The average Bonchev–Trinajstić information content (AvgIpc) is 2.69. The highest BCUT2D eigenvalue weighted by Gasteiger charge is 2.52. The van der Waals surface area contributed by atoms with E-state index >= 15 is 0 Å². The Hall–Kier alpha value is -1.30. The topological polar surface area (TPSA) is 67.9 Å². The summed E-state index contributed by atoms with van der Waals surface area (Å²) < 4.78 is 10.4. The minimum atomic E-state index is -0.476. The van der Waals surface area contributed by atoms with E-state index in [0.717, 1.165) is 6.42 Å². The number of nitrogens with one attached hydrogen (secondary N) is 1. The van der Waals surface area contributed by atoms with Gasteiger partial charge in [0.2, 0.25) is 0 Å². The lowest BCUT2D eigenvalue weighted by atomic mass is 9.85. The van der Waals surface area contributed by atoms with E-state index in [-0.39, 0.29) is 23.5 Å². The summed E-state index contributed by atoms with van der Waals surface area (Å²) in [5, 5.41) is 3.36. The van der Waals surface area contributed by atoms with Gasteiger partial charge in [-0.25, -0.2) is 4.79 Å². The van der Waals surface area contributed by atoms with Crippen LogP contribution in [0, 0.1) is 5.92 Å². The first-order valence-electron chi connectivity index (χ1n) is 7.14. The van der Waals surface area contributed by atoms with E-state index in [0.29, 0.717) is 26.2 Å². The molecule has 2 aliphatic rings. The van der Waals surface area contributed by atoms with Crippen molar-refractivity contribution in [1.82, 2.24) is 10.2 Å². The molecule has 0 aromatic rings. The Morgan fingerprint density at radius 2 is 2.00 bits per heavy atom. The van der Waals surface area contributed by atoms with Crippen LogP contribution < -0.4 is 5.32 Å². The van der Waals surface area contributed by atoms with Crippen LogP contribution in [0.25, 0.3) is 0 Å². The van der Waals surface area contributed by atoms with Gasteiger partial charge < -0.3 is 19.7 Å². The van der Waals surface area contributed by atoms with Gasteiger partial charge in [0.15, 0.2) is 0 Å². The van der Waals surface area contributed by atoms with Crippen LogP contribution >= 0.6 is 0 Å². The van der Waals surface area contributed by atoms with Crippen molar-refractivity contribution in [3.63, 3.8) is 0 Å². The Balaban J connectivity index is 1.81. The van der Waals surface area contributed by atoms with Crippen molar-refractivity contribution >= 4 is 12.1 Å². The van der Waals surface area contributed by atoms with Gasteiger partial charge in [0.1, 0.15) is 5.60 Å². The first kappa shape index (κ1) is 15.1. The van der Waals surface area contributed by atoms with Gasteiger partial charge in [-0.05, 0) is 34.1 Å². The standard InChI is InChI=1S/C14H24N2O4/c1-5-19-11(17)10-6-14(15-7-10)8-16(9-14)12(18)20-13(2,3)4/h10,15H,5-9H2,1-4H3. The van der Waals surface area contributed by atoms with Crippen molar-refractivity contribution in [2.75, 3.05) is 26.2 Å². The molecule has 1 spiro atoms. The fraction of sp³-hybridized carbons (Fsp3) is 0.857. The van der Waals surface area contributed by atoms with E-state index in [1.54, 1.807) is 4.90 Å². The first-order valence-corrected chi connectivity index (χ1v) is 7.14. The number of esters is 1. The van der Waals surface area contributed by atoms with Crippen molar-refractivity contribution in [2.45, 2.75) is 45.3 Å². The van der Waals surface area contributed by atoms with Crippen LogP contribution in [0.5, 0.6) is 0 Å². The number of carbonyl (C=O) groups is 2. The van der Waals surface area contributed by atoms with Crippen molar-refractivity contribution < 1.29 is 19.1 Å². The predicted molar refractivity (Wildman–Crippen MR) is 73.3 cm³/mol. The average molecular weight is 284 g/mol. The van der Waals surface area contributed by atoms with E-state index < -0.39 is 5.60 Å². The largest absolute Gasteiger partial charge is 0.466 e. The number of amides is 1. The van der Waals surface area contributed by atoms with Crippen molar-refractivity contribution in [3.05, 3.63) is 0 Å². The van der Waals surface area contributed by atoms with E-state index in [9.17, 15) is 9.59 Å². The van der Waals surface area contributed by atoms with Crippen LogP contribution in [0.15, 0.2) is 0 Å². The highest BCUT2D eigenvalue weighted by atomic mass is 16.6. The zero-order chi connectivity index (χ0) is 15.0. The quantitative estimate of drug-likeness (QED) is 0.770. The number of likely N-dealkylation sites (tertiary alicyclic amines) is 1. The van der Waals surface area contributed by atoms with Crippen molar-refractivity contribution in [2.24, 2.45) is 5.92 Å². The second kappa shape index (κ2) is 5.24. The van der Waals surface area contributed by atoms with Crippen LogP contribution in [-0.4, -0.2) is 54.3 Å². The molecule has 0 aromatic heterocycles. The number of rotatable bonds is 2. The number of ether oxygens (including phenoxy) is 2. The summed E-state index contributed by atoms with van der Waals surface area (Å²) in [7, 11) is 0. The number of hydrogen-bond acceptors (Lipinski definition) is 5. The molecule has 2 rings (SSSR count). The first-order chi connectivity index (χ1) is 9.25. The van der Waals surface area contributed by atoms with Gasteiger partial charge in [-0.15, -0.1) is 0 Å². The van der Waals surface area contributed by atoms with Gasteiger partial charge in [-0.2, -0.15) is 0 Å². The molecule has 0 bridgehead atoms. The van der Waals surface area contributed by atoms with Gasteiger partial charge in [0, 0.05) is 19.6 Å². The molecule has 1 N–H and O–H groups in total. The molecule has 6 nitrogen and oxygen atoms in total. The lowest BCUT2D eigenvalue weighted by molar-refractivity contribution is -0.147. The lowest BCUT2D eigenvalue weighted by Gasteiger charge is -2.48. The summed E-state index contributed by atoms with van der Waals surface area (Å²) in [6.45, 7) is 9.59. The molecule has 20 heavy (non-hydrogen) atoms. The van der Waals surface area contributed by atoms with Crippen LogP contribution in [0.3, 0.4) is 0 Å². The van der Waals surface area contributed by atoms with Gasteiger partial charge >= 0.3 is 12.1 Å². The summed E-state index contributed by atoms with van der Waals surface area (Å²) in [6, 6.07) is 0. The molecule has 6 heteroatoms. The normalized spacial score (nSPS) is 24.4. The Kier molecular flexibility index (Phi) is 3.95. The van der Waals surface area contributed by atoms with E-state index in [4.69, 9.17) is 9.47 Å². The number of hydrogen-bond donors (Lipinski definition) is 1. The van der Waals surface area contributed by atoms with Gasteiger partial charge in [-0.1, -0.05) is 0 Å². The minimum absolute atomic E-state index is 0.101. The maximum Gasteiger partial charge on any atom is 0.410 e. The molecule has 2 fully saturated rings. The van der Waals surface area contributed by atoms with E-state index in [1.165, 1.54) is 0 Å². The molecule has 0 aliphatic carbocycles. The van der Waals surface area contributed by atoms with Crippen LogP contribution in [-0.2, 0) is 14.3 Å². The molecular formula is C14H24N2O4. The van der Waals surface area contributed by atoms with Crippen LogP contribution in [0.4, 0.5) is 4.79 Å². The Morgan fingerprint density at radius 1 is 1.35 bits per heavy atom. The third-order valence-electron chi connectivity index (χ3n) is 3.62. The smallest absolute Gasteiger partial charge is 0.410 e. The third kappa shape index (κ3) is 3.23. The molecule has 1 unspecified atom stereocenters. The summed E-state index contributed by atoms with van der Waals surface area (Å²) in [5.74, 6) is -0.247. The summed E-state index contributed by atoms with van der Waals surface area (Å²) in [6.07, 6.45) is 0.440. The summed E-state index contributed by atoms with van der Waals surface area (Å²) in [4.78, 5) is 25.3. The van der Waals surface area contributed by atoms with Gasteiger partial charge in [0.05, 0.1) is 18.1 Å². The van der Waals surface area contributed by atoms with Crippen molar-refractivity contribution in [1.29, 1.82) is 0 Å². The molecule has 0 saturated carbocycles. The highest BCUT2D eigenvalue weighted by molar-refractivity contribution is 5.74. The molecule has 2 aliphatic heterocycles. The SMILES string of the molecule is CCOC(=O)C1CNC2(C1)CN(C(=O)OC(C)(C)C)C2. The highest BCUT2D eigenvalue weighted by Crippen LogP contribution is 2.34. The number of carbonyl (C=O) groups excluding carboxylic acids is 2. The predicted octanol–water partition coefficient (Wildman–Crippen LogP) is 1.15. The van der Waals surface area contributed by atoms with E-state index in [1.807, 2.05) is 27.7 Å². The second-order valence-corrected chi connectivity index (χ2v) is 6.65. The second-order valence-electron chi connectivity index (χ2n) is 6.65. The molecule has 1 atom stereocenters. The van der Waals surface area contributed by atoms with Gasteiger partial charge in [-0.3, -0.25) is 4.79 Å². The summed E-state index contributed by atoms with van der Waals surface area (Å²) in [5.41, 5.74) is -0.606. The van der Waals surface area contributed by atoms with Gasteiger partial charge in [0.25, 0.3) is 0 Å². The molecule has 0 radical (unpaired) electrons. The summed E-state index contributed by atoms with van der Waals surface area (Å²) >= 11 is 0. The van der Waals surface area contributed by atoms with Crippen LogP contribution in [0.2, 0.25) is 0 Å². The lowest BCUT2D eigenvalue weighted by Crippen LogP contribution is -2.68. The fourth-order valence-electron chi connectivity index (χ4n) is 2.76. The zero-order valence-electron chi connectivity index (χ0n) is 12.7. The monoisotopic (exact) mass is 284 g/mol. The molecular weight excluding hydrogens is 260 g/mol. The van der Waals surface area contributed by atoms with E-state index in [2.05, 4.69) is 5.32 Å². The van der Waals surface area contributed by atoms with Crippen LogP contribution in [0.1, 0.15) is 34.1 Å². The Bertz CT molecular complexity index is 396. The molecule has 2 heterocycles. The zero-order valence-corrected chi connectivity index (χ0v) is 12.7. The minimum Gasteiger partial charge on any atom is -0.466 e. The Morgan fingerprint density at radius 3 is 2.55 bits per heavy atom. The third-order valence-corrected chi connectivity index (χ3v) is 3.62. The molecule has 2 saturated heterocycles. The molecule has 1 amide bonds. The molecule has 0 aromatic carbocycles. The molecule has 114 valence electrons. The maximum absolute atomic E-state index is 11.9. The fourth-order valence-corrected chi connectivity index (χ4v) is 2.76.